The van der Waals surface area contributed by atoms with Gasteiger partial charge in [-0.2, -0.15) is 0 Å². The van der Waals surface area contributed by atoms with Gasteiger partial charge in [0.25, 0.3) is 0 Å². The molecule has 0 saturated heterocycles. The van der Waals surface area contributed by atoms with Gasteiger partial charge in [-0.25, -0.2) is 0 Å². The van der Waals surface area contributed by atoms with Crippen LogP contribution in [0.1, 0.15) is 15.6 Å². The predicted molar refractivity (Wildman–Crippen MR) is 48.4 cm³/mol. The van der Waals surface area contributed by atoms with Crippen molar-refractivity contribution in [1.29, 1.82) is 0 Å². The predicted octanol–water partition coefficient (Wildman–Crippen LogP) is -0.0192. The molecule has 0 rings (SSSR count). The summed E-state index contributed by atoms with van der Waals surface area (Å²) in [6.07, 6.45) is 0.0132. The minimum atomic E-state index is -1.83. The Kier molecular flexibility index (Phi) is 9.94. The SMILES string of the molecule is Cl.Cl.[2H]C([2H])(N)CCC(N)C(=O)O. The van der Waals surface area contributed by atoms with Crippen molar-refractivity contribution in [2.75, 3.05) is 6.50 Å². The van der Waals surface area contributed by atoms with Crippen LogP contribution in [-0.4, -0.2) is 23.6 Å². The van der Waals surface area contributed by atoms with Crippen molar-refractivity contribution in [3.05, 3.63) is 0 Å². The highest BCUT2D eigenvalue weighted by Gasteiger charge is 2.08. The molecule has 0 aliphatic heterocycles. The van der Waals surface area contributed by atoms with Gasteiger partial charge in [-0.3, -0.25) is 4.79 Å². The third-order valence-corrected chi connectivity index (χ3v) is 0.917. The van der Waals surface area contributed by atoms with E-state index in [9.17, 15) is 4.79 Å². The number of carbonyl (C=O) groups is 1. The number of nitrogens with two attached hydrogens (primary N) is 2. The number of aliphatic carboxylic acids is 1. The van der Waals surface area contributed by atoms with Crippen LogP contribution >= 0.6 is 24.8 Å². The maximum absolute atomic E-state index is 10.1. The van der Waals surface area contributed by atoms with Crippen LogP contribution in [0.5, 0.6) is 0 Å². The summed E-state index contributed by atoms with van der Waals surface area (Å²) in [5.41, 5.74) is 10.1. The van der Waals surface area contributed by atoms with Crippen LogP contribution in [0.15, 0.2) is 0 Å². The smallest absolute Gasteiger partial charge is 0.320 e. The molecule has 0 fully saturated rings. The van der Waals surface area contributed by atoms with Crippen LogP contribution in [0.25, 0.3) is 0 Å². The highest BCUT2D eigenvalue weighted by molar-refractivity contribution is 5.85. The second-order valence-electron chi connectivity index (χ2n) is 1.69. The molecule has 1 atom stereocenters. The zero-order chi connectivity index (χ0) is 9.07. The molecule has 4 nitrogen and oxygen atoms in total. The van der Waals surface area contributed by atoms with E-state index in [-0.39, 0.29) is 37.7 Å². The van der Waals surface area contributed by atoms with Gasteiger partial charge < -0.3 is 16.6 Å². The van der Waals surface area contributed by atoms with Crippen molar-refractivity contribution in [1.82, 2.24) is 0 Å². The molecular formula is C5H14Cl2N2O2. The summed E-state index contributed by atoms with van der Waals surface area (Å²) >= 11 is 0. The van der Waals surface area contributed by atoms with Crippen LogP contribution in [0.2, 0.25) is 0 Å². The van der Waals surface area contributed by atoms with Crippen LogP contribution in [0.4, 0.5) is 0 Å². The van der Waals surface area contributed by atoms with Crippen LogP contribution in [-0.2, 0) is 4.79 Å². The first-order chi connectivity index (χ1) is 4.83. The van der Waals surface area contributed by atoms with Gasteiger partial charge in [0.15, 0.2) is 0 Å². The van der Waals surface area contributed by atoms with E-state index in [0.29, 0.717) is 0 Å². The minimum Gasteiger partial charge on any atom is -0.480 e. The Morgan fingerprint density at radius 2 is 2.09 bits per heavy atom. The van der Waals surface area contributed by atoms with E-state index in [2.05, 4.69) is 0 Å². The molecule has 5 N–H and O–H groups in total. The lowest BCUT2D eigenvalue weighted by atomic mass is 10.2. The molecule has 70 valence electrons. The number of carboxylic acid groups (broad SMARTS) is 1. The van der Waals surface area contributed by atoms with Crippen LogP contribution in [0.3, 0.4) is 0 Å². The zero-order valence-electron chi connectivity index (χ0n) is 7.82. The molecule has 0 bridgehead atoms. The van der Waals surface area contributed by atoms with Gasteiger partial charge in [-0.05, 0) is 19.3 Å². The first kappa shape index (κ1) is 11.0. The van der Waals surface area contributed by atoms with Gasteiger partial charge >= 0.3 is 5.97 Å². The van der Waals surface area contributed by atoms with E-state index >= 15 is 0 Å². The minimum absolute atomic E-state index is 0. The van der Waals surface area contributed by atoms with Crippen molar-refractivity contribution in [2.24, 2.45) is 11.5 Å². The summed E-state index contributed by atoms with van der Waals surface area (Å²) < 4.78 is 13.7. The van der Waals surface area contributed by atoms with Gasteiger partial charge in [-0.15, -0.1) is 24.8 Å². The summed E-state index contributed by atoms with van der Waals surface area (Å²) in [7, 11) is 0. The van der Waals surface area contributed by atoms with Gasteiger partial charge in [0.05, 0.1) is 0 Å². The van der Waals surface area contributed by atoms with Crippen LogP contribution in [0, 0.1) is 0 Å². The lowest BCUT2D eigenvalue weighted by molar-refractivity contribution is -0.138. The Bertz CT molecular complexity index is 154. The molecule has 0 aliphatic carbocycles. The van der Waals surface area contributed by atoms with E-state index in [4.69, 9.17) is 19.3 Å². The normalized spacial score (nSPS) is 14.7. The second-order valence-corrected chi connectivity index (χ2v) is 1.69. The quantitative estimate of drug-likeness (QED) is 0.604. The van der Waals surface area contributed by atoms with Gasteiger partial charge in [0.2, 0.25) is 0 Å². The molecule has 0 aromatic heterocycles. The lowest BCUT2D eigenvalue weighted by Gasteiger charge is -2.02. The highest BCUT2D eigenvalue weighted by Crippen LogP contribution is 1.91. The van der Waals surface area contributed by atoms with Crippen molar-refractivity contribution in [2.45, 2.75) is 18.9 Å². The molecule has 0 spiro atoms. The average molecular weight is 207 g/mol. The van der Waals surface area contributed by atoms with E-state index in [1.807, 2.05) is 0 Å². The molecule has 0 aromatic rings. The summed E-state index contributed by atoms with van der Waals surface area (Å²) in [4.78, 5) is 10.1. The van der Waals surface area contributed by atoms with E-state index < -0.39 is 18.5 Å². The molecule has 0 radical (unpaired) electrons. The van der Waals surface area contributed by atoms with E-state index in [1.165, 1.54) is 0 Å². The maximum Gasteiger partial charge on any atom is 0.320 e. The highest BCUT2D eigenvalue weighted by atomic mass is 35.5. The lowest BCUT2D eigenvalue weighted by Crippen LogP contribution is -2.30. The maximum atomic E-state index is 10.1. The Morgan fingerprint density at radius 3 is 2.36 bits per heavy atom. The average Bonchev–Trinajstić information content (AvgIpc) is 1.80. The zero-order valence-corrected chi connectivity index (χ0v) is 7.45. The number of hydrogen-bond acceptors (Lipinski definition) is 3. The molecular weight excluding hydrogens is 191 g/mol. The summed E-state index contributed by atoms with van der Waals surface area (Å²) in [5.74, 6) is -1.13. The summed E-state index contributed by atoms with van der Waals surface area (Å²) in [5, 5.41) is 8.29. The van der Waals surface area contributed by atoms with Crippen molar-refractivity contribution < 1.29 is 12.6 Å². The topological polar surface area (TPSA) is 89.3 Å². The monoisotopic (exact) mass is 206 g/mol. The molecule has 0 aromatic carbocycles. The molecule has 6 heteroatoms. The summed E-state index contributed by atoms with van der Waals surface area (Å²) in [6.45, 7) is -1.83. The molecule has 11 heavy (non-hydrogen) atoms. The van der Waals surface area contributed by atoms with E-state index in [0.717, 1.165) is 0 Å². The van der Waals surface area contributed by atoms with E-state index in [1.54, 1.807) is 0 Å². The van der Waals surface area contributed by atoms with Gasteiger partial charge in [0.1, 0.15) is 6.04 Å². The fraction of sp³-hybridized carbons (Fsp3) is 0.800. The largest absolute Gasteiger partial charge is 0.480 e. The standard InChI is InChI=1S/C5H12N2O2.2ClH/c6-3-1-2-4(7)5(8)9;;/h4H,1-3,6-7H2,(H,8,9);2*1H/i3D2;;. The number of rotatable bonds is 4. The van der Waals surface area contributed by atoms with Gasteiger partial charge in [0, 0.05) is 2.74 Å². The Balaban J connectivity index is -0.000000500. The Morgan fingerprint density at radius 1 is 1.64 bits per heavy atom. The summed E-state index contributed by atoms with van der Waals surface area (Å²) in [6, 6.07) is -1.02. The first-order valence-electron chi connectivity index (χ1n) is 3.60. The fourth-order valence-electron chi connectivity index (χ4n) is 0.362. The van der Waals surface area contributed by atoms with Crippen molar-refractivity contribution in [3.63, 3.8) is 0 Å². The van der Waals surface area contributed by atoms with Crippen LogP contribution < -0.4 is 11.5 Å². The Hall–Kier alpha value is -0.0300. The molecule has 0 amide bonds. The number of carboxylic acids is 1. The molecule has 1 unspecified atom stereocenters. The third-order valence-electron chi connectivity index (χ3n) is 0.917. The number of halogens is 2. The first-order valence-corrected chi connectivity index (χ1v) is 2.60. The fourth-order valence-corrected chi connectivity index (χ4v) is 0.362. The molecule has 0 saturated carbocycles. The molecule has 0 heterocycles. The van der Waals surface area contributed by atoms with Crippen molar-refractivity contribution >= 4 is 30.8 Å². The molecule has 0 aliphatic rings. The Labute approximate surface area is 81.0 Å². The second kappa shape index (κ2) is 9.97. The van der Waals surface area contributed by atoms with Crippen molar-refractivity contribution in [3.8, 4) is 0 Å². The third kappa shape index (κ3) is 9.97. The number of hydrogen-bond donors (Lipinski definition) is 3. The van der Waals surface area contributed by atoms with Gasteiger partial charge in [-0.1, -0.05) is 0 Å².